The SMILES string of the molecule is CCCCCCCCCC(=O)N[C@@H](Cc1c[nH]c2ccccc12)C(=O)N[C@H](CC(N)=O)C(=O)N[C@@H](CC(=O)O)C(=O)N[C@@H]1C(=O)NCC(=O)N[C@@H](CCCN)C(=O)N[C@@H](CC(=O)O)C(=O)N[C@H](C)C(=O)N[C@@H](CC(=O)O)C(=O)NCC(=O)N[C@H](CC(N)=O)C(=O)N[C@@H](CCC(=O)O)C(=O)N[C@@H](CC(=O)c2ccccc2N)C(=O)O[C@@H]1C. The van der Waals surface area contributed by atoms with E-state index < -0.39 is 268 Å². The number of nitrogens with one attached hydrogen (secondary N) is 14. The molecule has 0 spiro atoms. The minimum absolute atomic E-state index is 0.0228. The zero-order chi connectivity index (χ0) is 86.5. The van der Waals surface area contributed by atoms with Crippen molar-refractivity contribution in [1.82, 2.24) is 74.1 Å². The summed E-state index contributed by atoms with van der Waals surface area (Å²) < 4.78 is 5.66. The number of amides is 15. The third-order valence-electron chi connectivity index (χ3n) is 17.7. The molecule has 0 aliphatic carbocycles. The summed E-state index contributed by atoms with van der Waals surface area (Å²) >= 11 is 0. The summed E-state index contributed by atoms with van der Waals surface area (Å²) in [6.07, 6.45) is -4.50. The highest BCUT2D eigenvalue weighted by Crippen LogP contribution is 2.21. The van der Waals surface area contributed by atoms with Crippen LogP contribution in [0.1, 0.15) is 152 Å². The molecule has 2 heterocycles. The summed E-state index contributed by atoms with van der Waals surface area (Å²) in [5, 5.41) is 68.1. The van der Waals surface area contributed by atoms with E-state index in [-0.39, 0.29) is 37.1 Å². The van der Waals surface area contributed by atoms with Crippen LogP contribution in [0.4, 0.5) is 5.69 Å². The fraction of sp³-hybridized carbons (Fsp3) is 0.514. The Labute approximate surface area is 662 Å². The maximum absolute atomic E-state index is 14.8. The Bertz CT molecular complexity index is 4110. The Kier molecular flexibility index (Phi) is 39.4. The number of para-hydroxylation sites is 2. The summed E-state index contributed by atoms with van der Waals surface area (Å²) in [7, 11) is 0. The molecule has 116 heavy (non-hydrogen) atoms. The molecule has 15 amide bonds. The smallest absolute Gasteiger partial charge is 0.329 e. The van der Waals surface area contributed by atoms with E-state index in [0.29, 0.717) is 29.3 Å². The number of fused-ring (bicyclic) bond motifs is 1. The molecule has 0 bridgehead atoms. The lowest BCUT2D eigenvalue weighted by molar-refractivity contribution is -0.156. The Morgan fingerprint density at radius 1 is 0.500 bits per heavy atom. The number of nitrogen functional groups attached to an aromatic ring is 1. The van der Waals surface area contributed by atoms with Gasteiger partial charge >= 0.3 is 29.8 Å². The molecule has 0 unspecified atom stereocenters. The van der Waals surface area contributed by atoms with Crippen molar-refractivity contribution in [2.24, 2.45) is 17.2 Å². The molecule has 44 heteroatoms. The molecule has 0 radical (unpaired) electrons. The number of benzene rings is 2. The van der Waals surface area contributed by atoms with Gasteiger partial charge in [0.05, 0.1) is 45.2 Å². The summed E-state index contributed by atoms with van der Waals surface area (Å²) in [5.74, 6) is -29.8. The van der Waals surface area contributed by atoms with Crippen LogP contribution in [0.15, 0.2) is 54.7 Å². The molecule has 1 saturated heterocycles. The van der Waals surface area contributed by atoms with E-state index in [4.69, 9.17) is 27.7 Å². The van der Waals surface area contributed by atoms with Gasteiger partial charge in [0, 0.05) is 54.0 Å². The minimum atomic E-state index is -2.46. The van der Waals surface area contributed by atoms with Crippen LogP contribution in [-0.4, -0.2) is 242 Å². The van der Waals surface area contributed by atoms with Gasteiger partial charge in [0.25, 0.3) is 0 Å². The predicted octanol–water partition coefficient (Wildman–Crippen LogP) is -5.98. The second-order valence-corrected chi connectivity index (χ2v) is 27.2. The number of ether oxygens (including phenoxy) is 1. The maximum atomic E-state index is 14.8. The van der Waals surface area contributed by atoms with Crippen molar-refractivity contribution in [3.63, 3.8) is 0 Å². The molecule has 44 nitrogen and oxygen atoms in total. The number of carboxylic acids is 4. The number of H-pyrrole nitrogens is 1. The first-order valence-corrected chi connectivity index (χ1v) is 36.9. The number of aliphatic carboxylic acids is 4. The van der Waals surface area contributed by atoms with Gasteiger partial charge < -0.3 is 122 Å². The molecule has 26 N–H and O–H groups in total. The number of nitrogens with two attached hydrogens (primary N) is 4. The highest BCUT2D eigenvalue weighted by molar-refractivity contribution is 6.05. The fourth-order valence-electron chi connectivity index (χ4n) is 11.7. The van der Waals surface area contributed by atoms with Crippen LogP contribution >= 0.6 is 0 Å². The molecule has 2 aromatic carbocycles. The van der Waals surface area contributed by atoms with Crippen molar-refractivity contribution in [2.45, 2.75) is 215 Å². The van der Waals surface area contributed by atoms with Gasteiger partial charge in [-0.2, -0.15) is 0 Å². The third-order valence-corrected chi connectivity index (χ3v) is 17.7. The lowest BCUT2D eigenvalue weighted by Gasteiger charge is -2.29. The van der Waals surface area contributed by atoms with Crippen LogP contribution in [0.2, 0.25) is 0 Å². The first kappa shape index (κ1) is 95.2. The minimum Gasteiger partial charge on any atom is -0.481 e. The maximum Gasteiger partial charge on any atom is 0.329 e. The number of anilines is 1. The quantitative estimate of drug-likeness (QED) is 0.0112. The largest absolute Gasteiger partial charge is 0.481 e. The molecule has 0 saturated carbocycles. The van der Waals surface area contributed by atoms with E-state index in [9.17, 15) is 121 Å². The normalized spacial score (nSPS) is 20.8. The number of hydrogen-bond donors (Lipinski definition) is 22. The van der Waals surface area contributed by atoms with Crippen LogP contribution in [0.25, 0.3) is 10.9 Å². The fourth-order valence-corrected chi connectivity index (χ4v) is 11.7. The molecule has 634 valence electrons. The first-order chi connectivity index (χ1) is 54.8. The number of primary amides is 2. The topological polar surface area (TPSA) is 725 Å². The van der Waals surface area contributed by atoms with Gasteiger partial charge in [-0.05, 0) is 69.8 Å². The standard InChI is InChI=1S/C72H100N18O26/c1-4-5-6-7-8-9-10-21-54(94)82-44(25-37-32-77-41-19-14-12-16-38(37)41)67(110)86-46(28-53(76)93)69(112)88-49(31-60(103)104)70(113)90-61-36(3)116-72(115)50(26-51(91)39-17-11-13-18-40(39)74)89-65(108)43(22-23-57(97)98)84-68(111)45(27-52(75)92)83-56(96)33-78-63(106)47(29-58(99)100)85-62(105)35(2)80-66(109)48(30-59(101)102)87-64(107)42(20-15-24-73)81-55(95)34-79-71(61)114/h11-14,16-19,32,35-36,42-50,61,77H,4-10,15,20-31,33-34,73-74H2,1-3H3,(H2,75,92)(H2,76,93)(H,78,106)(H,79,114)(H,80,109)(H,81,95)(H,82,94)(H,83,96)(H,84,111)(H,85,105)(H,86,110)(H,87,107)(H,88,112)(H,89,108)(H,90,113)(H,97,98)(H,99,100)(H,101,102)(H,103,104)/t35-,36-,42+,43+,44+,45-,46-,47+,48+,49+,50+,61+/m1/s1. The number of carbonyl (C=O) groups is 21. The van der Waals surface area contributed by atoms with Crippen LogP contribution in [0, 0.1) is 0 Å². The summed E-state index contributed by atoms with van der Waals surface area (Å²) in [6.45, 7) is 1.26. The highest BCUT2D eigenvalue weighted by atomic mass is 16.5. The Hall–Kier alpha value is -13.2. The number of carboxylic acid groups (broad SMARTS) is 4. The van der Waals surface area contributed by atoms with Crippen molar-refractivity contribution in [3.05, 3.63) is 65.9 Å². The number of aromatic amines is 1. The second-order valence-electron chi connectivity index (χ2n) is 27.2. The van der Waals surface area contributed by atoms with Crippen molar-refractivity contribution < 1.29 is 126 Å². The van der Waals surface area contributed by atoms with E-state index in [1.165, 1.54) is 24.3 Å². The summed E-state index contributed by atoms with van der Waals surface area (Å²) in [5.41, 5.74) is 23.4. The monoisotopic (exact) mass is 1630 g/mol. The van der Waals surface area contributed by atoms with Gasteiger partial charge in [-0.25, -0.2) is 4.79 Å². The lowest BCUT2D eigenvalue weighted by atomic mass is 10.0. The van der Waals surface area contributed by atoms with Crippen molar-refractivity contribution in [1.29, 1.82) is 0 Å². The van der Waals surface area contributed by atoms with Crippen LogP contribution in [0.5, 0.6) is 0 Å². The molecule has 12 atom stereocenters. The van der Waals surface area contributed by atoms with Crippen molar-refractivity contribution >= 4 is 141 Å². The first-order valence-electron chi connectivity index (χ1n) is 36.9. The van der Waals surface area contributed by atoms with E-state index in [1.807, 2.05) is 16.0 Å². The average Bonchev–Trinajstić information content (AvgIpc) is 1.48. The Balaban J connectivity index is 1.88. The molecule has 3 aromatic rings. The predicted molar refractivity (Wildman–Crippen MR) is 402 cm³/mol. The number of unbranched alkanes of at least 4 members (excludes halogenated alkanes) is 6. The van der Waals surface area contributed by atoms with Gasteiger partial charge in [0.15, 0.2) is 5.78 Å². The molecular formula is C72H100N18O26. The second kappa shape index (κ2) is 48.0. The number of cyclic esters (lactones) is 1. The number of esters is 1. The van der Waals surface area contributed by atoms with E-state index in [0.717, 1.165) is 46.0 Å². The van der Waals surface area contributed by atoms with Gasteiger partial charge in [0.2, 0.25) is 88.6 Å². The van der Waals surface area contributed by atoms with Gasteiger partial charge in [-0.3, -0.25) is 95.9 Å². The van der Waals surface area contributed by atoms with Crippen molar-refractivity contribution in [2.75, 3.05) is 25.4 Å². The number of rotatable bonds is 36. The number of ketones is 1. The lowest BCUT2D eigenvalue weighted by Crippen LogP contribution is -2.61. The summed E-state index contributed by atoms with van der Waals surface area (Å²) in [6, 6.07) is -10.8. The van der Waals surface area contributed by atoms with Crippen LogP contribution < -0.4 is 92.1 Å². The Morgan fingerprint density at radius 2 is 1.02 bits per heavy atom. The Morgan fingerprint density at radius 3 is 1.61 bits per heavy atom. The van der Waals surface area contributed by atoms with Gasteiger partial charge in [0.1, 0.15) is 72.6 Å². The molecular weight excluding hydrogens is 1530 g/mol. The molecule has 1 fully saturated rings. The van der Waals surface area contributed by atoms with Crippen molar-refractivity contribution in [3.8, 4) is 0 Å². The highest BCUT2D eigenvalue weighted by Gasteiger charge is 2.41. The van der Waals surface area contributed by atoms with E-state index >= 15 is 0 Å². The average molecular weight is 1630 g/mol. The van der Waals surface area contributed by atoms with E-state index in [2.05, 4.69) is 65.1 Å². The van der Waals surface area contributed by atoms with Gasteiger partial charge in [-0.15, -0.1) is 0 Å². The number of hydrogen-bond acceptors (Lipinski definition) is 24. The number of aromatic nitrogens is 1. The molecule has 1 aliphatic heterocycles. The summed E-state index contributed by atoms with van der Waals surface area (Å²) in [4.78, 5) is 289. The number of carbonyl (C=O) groups excluding carboxylic acids is 17. The molecule has 4 rings (SSSR count). The number of Topliss-reactive ketones (excluding diaryl/α,β-unsaturated/α-hetero) is 1. The van der Waals surface area contributed by atoms with Gasteiger partial charge in [-0.1, -0.05) is 75.8 Å². The molecule has 1 aliphatic rings. The van der Waals surface area contributed by atoms with E-state index in [1.54, 1.807) is 30.5 Å². The van der Waals surface area contributed by atoms with Crippen LogP contribution in [0.3, 0.4) is 0 Å². The molecule has 1 aromatic heterocycles. The zero-order valence-electron chi connectivity index (χ0n) is 63.8. The third kappa shape index (κ3) is 33.2. The van der Waals surface area contributed by atoms with Crippen LogP contribution in [-0.2, 0) is 107 Å². The zero-order valence-corrected chi connectivity index (χ0v) is 63.8.